The number of thiophene rings is 1. The van der Waals surface area contributed by atoms with Crippen LogP contribution in [-0.4, -0.2) is 19.2 Å². The van der Waals surface area contributed by atoms with Crippen LogP contribution in [0.5, 0.6) is 0 Å². The monoisotopic (exact) mass is 310 g/mol. The van der Waals surface area contributed by atoms with Crippen molar-refractivity contribution in [3.8, 4) is 10.4 Å². The summed E-state index contributed by atoms with van der Waals surface area (Å²) >= 11 is 1.64. The molecule has 0 radical (unpaired) electrons. The predicted octanol–water partition coefficient (Wildman–Crippen LogP) is 3.03. The van der Waals surface area contributed by atoms with E-state index in [0.29, 0.717) is 6.42 Å². The molecule has 0 unspecified atom stereocenters. The number of nitrogens with one attached hydrogen (secondary N) is 1. The minimum atomic E-state index is -3.18. The van der Waals surface area contributed by atoms with Gasteiger partial charge in [-0.1, -0.05) is 19.4 Å². The van der Waals surface area contributed by atoms with Gasteiger partial charge in [0.05, 0.1) is 5.75 Å². The molecular formula is C14H18N2O2S2. The molecule has 0 spiro atoms. The van der Waals surface area contributed by atoms with Crippen LogP contribution in [0.4, 0.5) is 0 Å². The van der Waals surface area contributed by atoms with Crippen LogP contribution in [0.15, 0.2) is 36.0 Å². The predicted molar refractivity (Wildman–Crippen MR) is 83.1 cm³/mol. The molecular weight excluding hydrogens is 292 g/mol. The Bertz CT molecular complexity index is 637. The van der Waals surface area contributed by atoms with Crippen molar-refractivity contribution in [1.29, 1.82) is 0 Å². The lowest BCUT2D eigenvalue weighted by atomic mass is 10.2. The highest BCUT2D eigenvalue weighted by molar-refractivity contribution is 7.89. The van der Waals surface area contributed by atoms with Gasteiger partial charge in [-0.15, -0.1) is 11.3 Å². The number of hydrogen-bond donors (Lipinski definition) is 1. The van der Waals surface area contributed by atoms with Gasteiger partial charge in [0.25, 0.3) is 0 Å². The smallest absolute Gasteiger partial charge is 0.211 e. The zero-order chi connectivity index (χ0) is 14.4. The van der Waals surface area contributed by atoms with Crippen LogP contribution in [0.2, 0.25) is 0 Å². The van der Waals surface area contributed by atoms with E-state index in [9.17, 15) is 8.42 Å². The summed E-state index contributed by atoms with van der Waals surface area (Å²) in [5.41, 5.74) is 1.89. The lowest BCUT2D eigenvalue weighted by molar-refractivity contribution is 0.578. The summed E-state index contributed by atoms with van der Waals surface area (Å²) in [4.78, 5) is 5.31. The molecule has 6 heteroatoms. The van der Waals surface area contributed by atoms with Crippen molar-refractivity contribution < 1.29 is 8.42 Å². The van der Waals surface area contributed by atoms with Gasteiger partial charge in [0.2, 0.25) is 10.0 Å². The molecule has 2 aromatic rings. The molecule has 0 saturated carbocycles. The Balaban J connectivity index is 2.02. The van der Waals surface area contributed by atoms with Crippen LogP contribution in [0.3, 0.4) is 0 Å². The molecule has 0 aliphatic rings. The quantitative estimate of drug-likeness (QED) is 0.855. The lowest BCUT2D eigenvalue weighted by Crippen LogP contribution is -2.25. The fourth-order valence-corrected chi connectivity index (χ4v) is 3.67. The van der Waals surface area contributed by atoms with Gasteiger partial charge in [-0.2, -0.15) is 0 Å². The van der Waals surface area contributed by atoms with Crippen molar-refractivity contribution in [3.63, 3.8) is 0 Å². The molecule has 4 nitrogen and oxygen atoms in total. The number of rotatable bonds is 7. The van der Waals surface area contributed by atoms with E-state index >= 15 is 0 Å². The van der Waals surface area contributed by atoms with E-state index in [4.69, 9.17) is 0 Å². The largest absolute Gasteiger partial charge is 0.264 e. The number of pyridine rings is 1. The fourth-order valence-electron chi connectivity index (χ4n) is 1.76. The summed E-state index contributed by atoms with van der Waals surface area (Å²) < 4.78 is 26.1. The van der Waals surface area contributed by atoms with Gasteiger partial charge in [0, 0.05) is 29.4 Å². The van der Waals surface area contributed by atoms with Gasteiger partial charge >= 0.3 is 0 Å². The van der Waals surface area contributed by atoms with E-state index in [-0.39, 0.29) is 12.3 Å². The van der Waals surface area contributed by atoms with Crippen molar-refractivity contribution in [2.45, 2.75) is 26.3 Å². The standard InChI is InChI=1S/C14H18N2O2S2/c1-2-3-7-20(17,18)16-10-12-8-13(11-15-9-12)14-5-4-6-19-14/h4-6,8-9,11,16H,2-3,7,10H2,1H3. The molecule has 108 valence electrons. The summed E-state index contributed by atoms with van der Waals surface area (Å²) in [6.07, 6.45) is 5.04. The molecule has 1 N–H and O–H groups in total. The fraction of sp³-hybridized carbons (Fsp3) is 0.357. The number of nitrogens with zero attached hydrogens (tertiary/aromatic N) is 1. The van der Waals surface area contributed by atoms with Crippen molar-refractivity contribution in [2.75, 3.05) is 5.75 Å². The molecule has 2 aromatic heterocycles. The average molecular weight is 310 g/mol. The Morgan fingerprint density at radius 3 is 2.90 bits per heavy atom. The zero-order valence-electron chi connectivity index (χ0n) is 11.4. The van der Waals surface area contributed by atoms with E-state index in [1.54, 1.807) is 23.7 Å². The van der Waals surface area contributed by atoms with E-state index in [1.807, 2.05) is 30.5 Å². The minimum Gasteiger partial charge on any atom is -0.264 e. The summed E-state index contributed by atoms with van der Waals surface area (Å²) in [7, 11) is -3.18. The Hall–Kier alpha value is -1.24. The van der Waals surface area contributed by atoms with Crippen molar-refractivity contribution in [2.24, 2.45) is 0 Å². The summed E-state index contributed by atoms with van der Waals surface area (Å²) in [6, 6.07) is 5.98. The molecule has 0 bridgehead atoms. The summed E-state index contributed by atoms with van der Waals surface area (Å²) in [5.74, 6) is 0.182. The highest BCUT2D eigenvalue weighted by Crippen LogP contribution is 2.24. The molecule has 0 amide bonds. The van der Waals surface area contributed by atoms with Crippen LogP contribution < -0.4 is 4.72 Å². The molecule has 0 aliphatic carbocycles. The maximum Gasteiger partial charge on any atom is 0.211 e. The number of sulfonamides is 1. The molecule has 0 aromatic carbocycles. The second kappa shape index (κ2) is 6.97. The van der Waals surface area contributed by atoms with Crippen LogP contribution in [0.25, 0.3) is 10.4 Å². The SMILES string of the molecule is CCCCS(=O)(=O)NCc1cncc(-c2cccs2)c1. The Kier molecular flexibility index (Phi) is 5.28. The lowest BCUT2D eigenvalue weighted by Gasteiger charge is -2.07. The van der Waals surface area contributed by atoms with Crippen LogP contribution in [0.1, 0.15) is 25.3 Å². The van der Waals surface area contributed by atoms with Crippen LogP contribution >= 0.6 is 11.3 Å². The molecule has 2 rings (SSSR count). The normalized spacial score (nSPS) is 11.7. The zero-order valence-corrected chi connectivity index (χ0v) is 13.0. The number of unbranched alkanes of at least 4 members (excludes halogenated alkanes) is 1. The maximum atomic E-state index is 11.7. The molecule has 0 saturated heterocycles. The van der Waals surface area contributed by atoms with E-state index in [0.717, 1.165) is 22.4 Å². The van der Waals surface area contributed by atoms with Gasteiger partial charge in [-0.3, -0.25) is 4.98 Å². The van der Waals surface area contributed by atoms with E-state index in [2.05, 4.69) is 9.71 Å². The first-order valence-corrected chi connectivity index (χ1v) is 9.09. The molecule has 0 fully saturated rings. The third-order valence-corrected chi connectivity index (χ3v) is 5.19. The first kappa shape index (κ1) is 15.2. The maximum absolute atomic E-state index is 11.7. The molecule has 0 aliphatic heterocycles. The highest BCUT2D eigenvalue weighted by atomic mass is 32.2. The van der Waals surface area contributed by atoms with Crippen molar-refractivity contribution >= 4 is 21.4 Å². The second-order valence-electron chi connectivity index (χ2n) is 4.55. The average Bonchev–Trinajstić information content (AvgIpc) is 2.98. The van der Waals surface area contributed by atoms with Gasteiger partial charge in [-0.25, -0.2) is 13.1 Å². The van der Waals surface area contributed by atoms with E-state index < -0.39 is 10.0 Å². The first-order chi connectivity index (χ1) is 9.61. The third-order valence-electron chi connectivity index (χ3n) is 2.86. The number of aromatic nitrogens is 1. The van der Waals surface area contributed by atoms with Crippen LogP contribution in [-0.2, 0) is 16.6 Å². The highest BCUT2D eigenvalue weighted by Gasteiger charge is 2.09. The van der Waals surface area contributed by atoms with Crippen molar-refractivity contribution in [3.05, 3.63) is 41.5 Å². The van der Waals surface area contributed by atoms with Gasteiger partial charge in [0.15, 0.2) is 0 Å². The topological polar surface area (TPSA) is 59.1 Å². The Morgan fingerprint density at radius 1 is 1.35 bits per heavy atom. The summed E-state index contributed by atoms with van der Waals surface area (Å²) in [6.45, 7) is 2.27. The van der Waals surface area contributed by atoms with E-state index in [1.165, 1.54) is 0 Å². The summed E-state index contributed by atoms with van der Waals surface area (Å²) in [5, 5.41) is 2.01. The van der Waals surface area contributed by atoms with Gasteiger partial charge in [0.1, 0.15) is 0 Å². The third kappa shape index (κ3) is 4.40. The molecule has 20 heavy (non-hydrogen) atoms. The first-order valence-electron chi connectivity index (χ1n) is 6.56. The molecule has 2 heterocycles. The Labute approximate surface area is 123 Å². The molecule has 0 atom stereocenters. The number of hydrogen-bond acceptors (Lipinski definition) is 4. The van der Waals surface area contributed by atoms with Crippen molar-refractivity contribution in [1.82, 2.24) is 9.71 Å². The van der Waals surface area contributed by atoms with Crippen LogP contribution in [0, 0.1) is 0 Å². The minimum absolute atomic E-state index is 0.182. The van der Waals surface area contributed by atoms with Gasteiger partial charge in [-0.05, 0) is 29.5 Å². The Morgan fingerprint density at radius 2 is 2.20 bits per heavy atom. The second-order valence-corrected chi connectivity index (χ2v) is 7.43. The van der Waals surface area contributed by atoms with Gasteiger partial charge < -0.3 is 0 Å².